The van der Waals surface area contributed by atoms with Crippen molar-refractivity contribution < 1.29 is 17.8 Å². The molecule has 0 radical (unpaired) electrons. The molecule has 0 aromatic rings. The molecule has 0 spiro atoms. The van der Waals surface area contributed by atoms with E-state index in [1.807, 2.05) is 6.92 Å². The van der Waals surface area contributed by atoms with Crippen LogP contribution in [0.5, 0.6) is 0 Å². The first-order valence-corrected chi connectivity index (χ1v) is 10.5. The summed E-state index contributed by atoms with van der Waals surface area (Å²) >= 11 is 0. The minimum absolute atomic E-state index is 0.302. The number of hydrogen-bond acceptors (Lipinski definition) is 4. The number of hydrogen-bond donors (Lipinski definition) is 0. The van der Waals surface area contributed by atoms with E-state index in [-0.39, 0.29) is 0 Å². The van der Waals surface area contributed by atoms with Crippen molar-refractivity contribution in [1.29, 1.82) is 0 Å². The van der Waals surface area contributed by atoms with Gasteiger partial charge in [0.1, 0.15) is 7.14 Å². The van der Waals surface area contributed by atoms with E-state index in [0.29, 0.717) is 12.4 Å². The van der Waals surface area contributed by atoms with E-state index in [4.69, 9.17) is 13.3 Å². The summed E-state index contributed by atoms with van der Waals surface area (Å²) in [4.78, 5) is 0. The highest BCUT2D eigenvalue weighted by Gasteiger charge is 2.38. The van der Waals surface area contributed by atoms with Crippen LogP contribution in [0.2, 0.25) is 6.04 Å². The molecule has 0 aliphatic rings. The Labute approximate surface area is 107 Å². The van der Waals surface area contributed by atoms with Gasteiger partial charge in [-0.05, 0) is 12.8 Å². The monoisotopic (exact) mass is 282 g/mol. The highest BCUT2D eigenvalue weighted by molar-refractivity contribution is 7.63. The van der Waals surface area contributed by atoms with Gasteiger partial charge in [-0.1, -0.05) is 20.8 Å². The SMILES string of the molecule is CCCP(=O)(CCC)CO[Si](CC)(OC)OC. The zero-order valence-corrected chi connectivity index (χ0v) is 13.7. The lowest BCUT2D eigenvalue weighted by Crippen LogP contribution is -2.43. The van der Waals surface area contributed by atoms with Crippen molar-refractivity contribution in [2.75, 3.05) is 32.9 Å². The maximum absolute atomic E-state index is 12.6. The summed E-state index contributed by atoms with van der Waals surface area (Å²) in [5.41, 5.74) is 0. The van der Waals surface area contributed by atoms with E-state index < -0.39 is 15.9 Å². The lowest BCUT2D eigenvalue weighted by molar-refractivity contribution is 0.116. The second-order valence-electron chi connectivity index (χ2n) is 4.22. The maximum atomic E-state index is 12.6. The fraction of sp³-hybridized carbons (Fsp3) is 1.00. The van der Waals surface area contributed by atoms with Gasteiger partial charge in [-0.15, -0.1) is 0 Å². The molecule has 4 nitrogen and oxygen atoms in total. The predicted molar refractivity (Wildman–Crippen MR) is 74.1 cm³/mol. The standard InChI is InChI=1S/C11H27O4PSi/c1-6-9-16(12,10-7-2)11-15-17(8-3,13-4)14-5/h6-11H2,1-5H3. The van der Waals surface area contributed by atoms with Crippen LogP contribution < -0.4 is 0 Å². The molecule has 6 heteroatoms. The second kappa shape index (κ2) is 8.43. The van der Waals surface area contributed by atoms with Gasteiger partial charge in [-0.3, -0.25) is 0 Å². The Balaban J connectivity index is 4.52. The fourth-order valence-corrected chi connectivity index (χ4v) is 6.89. The van der Waals surface area contributed by atoms with Gasteiger partial charge >= 0.3 is 8.80 Å². The Hall–Kier alpha value is 0.327. The first-order valence-electron chi connectivity index (χ1n) is 6.32. The molecule has 0 bridgehead atoms. The van der Waals surface area contributed by atoms with Crippen molar-refractivity contribution in [2.45, 2.75) is 39.7 Å². The Morgan fingerprint density at radius 3 is 1.76 bits per heavy atom. The molecule has 0 amide bonds. The summed E-state index contributed by atoms with van der Waals surface area (Å²) in [6, 6.07) is 0.707. The molecule has 0 rings (SSSR count). The molecule has 0 aliphatic heterocycles. The van der Waals surface area contributed by atoms with Crippen LogP contribution in [0.3, 0.4) is 0 Å². The van der Waals surface area contributed by atoms with Gasteiger partial charge in [0.05, 0.1) is 6.35 Å². The summed E-state index contributed by atoms with van der Waals surface area (Å²) in [5, 5.41) is 0. The van der Waals surface area contributed by atoms with Crippen LogP contribution in [0.15, 0.2) is 0 Å². The third kappa shape index (κ3) is 5.66. The lowest BCUT2D eigenvalue weighted by Gasteiger charge is -2.27. The van der Waals surface area contributed by atoms with E-state index in [1.54, 1.807) is 14.2 Å². The smallest absolute Gasteiger partial charge is 0.377 e. The fourth-order valence-electron chi connectivity index (χ4n) is 1.86. The summed E-state index contributed by atoms with van der Waals surface area (Å²) in [7, 11) is -1.56. The number of rotatable bonds is 10. The summed E-state index contributed by atoms with van der Waals surface area (Å²) < 4.78 is 29.1. The molecule has 0 atom stereocenters. The minimum Gasteiger partial charge on any atom is -0.377 e. The average Bonchev–Trinajstić information content (AvgIpc) is 2.32. The van der Waals surface area contributed by atoms with E-state index in [0.717, 1.165) is 25.2 Å². The van der Waals surface area contributed by atoms with E-state index >= 15 is 0 Å². The van der Waals surface area contributed by atoms with Crippen molar-refractivity contribution in [1.82, 2.24) is 0 Å². The molecule has 17 heavy (non-hydrogen) atoms. The van der Waals surface area contributed by atoms with Gasteiger partial charge in [0.25, 0.3) is 0 Å². The van der Waals surface area contributed by atoms with Crippen LogP contribution in [0.25, 0.3) is 0 Å². The molecule has 0 saturated heterocycles. The Bertz CT molecular complexity index is 225. The molecule has 0 aromatic heterocycles. The highest BCUT2D eigenvalue weighted by atomic mass is 31.2. The predicted octanol–water partition coefficient (Wildman–Crippen LogP) is 3.40. The van der Waals surface area contributed by atoms with Crippen molar-refractivity contribution in [3.8, 4) is 0 Å². The van der Waals surface area contributed by atoms with Gasteiger partial charge in [0.15, 0.2) is 0 Å². The first-order chi connectivity index (χ1) is 8.01. The molecule has 0 heterocycles. The van der Waals surface area contributed by atoms with Crippen LogP contribution in [0.4, 0.5) is 0 Å². The van der Waals surface area contributed by atoms with Crippen LogP contribution in [0.1, 0.15) is 33.6 Å². The van der Waals surface area contributed by atoms with E-state index in [1.165, 1.54) is 0 Å². The summed E-state index contributed by atoms with van der Waals surface area (Å²) in [5.74, 6) is 0. The Kier molecular flexibility index (Phi) is 8.59. The quantitative estimate of drug-likeness (QED) is 0.455. The topological polar surface area (TPSA) is 44.8 Å². The molecular formula is C11H27O4PSi. The van der Waals surface area contributed by atoms with Crippen molar-refractivity contribution in [3.63, 3.8) is 0 Å². The normalized spacial score (nSPS) is 13.0. The second-order valence-corrected chi connectivity index (χ2v) is 10.7. The van der Waals surface area contributed by atoms with Crippen LogP contribution in [-0.4, -0.2) is 41.7 Å². The van der Waals surface area contributed by atoms with Crippen LogP contribution >= 0.6 is 7.14 Å². The van der Waals surface area contributed by atoms with Crippen LogP contribution in [0, 0.1) is 0 Å². The third-order valence-corrected chi connectivity index (χ3v) is 8.90. The van der Waals surface area contributed by atoms with Crippen molar-refractivity contribution >= 4 is 15.9 Å². The molecule has 0 aliphatic carbocycles. The van der Waals surface area contributed by atoms with Gasteiger partial charge in [-0.2, -0.15) is 0 Å². The first kappa shape index (κ1) is 17.3. The van der Waals surface area contributed by atoms with Crippen LogP contribution in [-0.2, 0) is 17.8 Å². The Morgan fingerprint density at radius 1 is 1.00 bits per heavy atom. The minimum atomic E-state index is -2.56. The largest absolute Gasteiger partial charge is 0.500 e. The summed E-state index contributed by atoms with van der Waals surface area (Å²) in [6.07, 6.45) is 3.67. The van der Waals surface area contributed by atoms with Gasteiger partial charge in [0, 0.05) is 32.6 Å². The Morgan fingerprint density at radius 2 is 1.47 bits per heavy atom. The van der Waals surface area contributed by atoms with Crippen molar-refractivity contribution in [2.24, 2.45) is 0 Å². The molecular weight excluding hydrogens is 255 g/mol. The van der Waals surface area contributed by atoms with Crippen molar-refractivity contribution in [3.05, 3.63) is 0 Å². The molecule has 0 N–H and O–H groups in total. The highest BCUT2D eigenvalue weighted by Crippen LogP contribution is 2.47. The molecule has 0 saturated carbocycles. The average molecular weight is 282 g/mol. The van der Waals surface area contributed by atoms with Gasteiger partial charge in [-0.25, -0.2) is 0 Å². The molecule has 104 valence electrons. The van der Waals surface area contributed by atoms with E-state index in [9.17, 15) is 4.57 Å². The van der Waals surface area contributed by atoms with Gasteiger partial charge in [0.2, 0.25) is 0 Å². The molecule has 0 aromatic carbocycles. The maximum Gasteiger partial charge on any atom is 0.500 e. The molecule has 0 fully saturated rings. The zero-order valence-electron chi connectivity index (χ0n) is 11.8. The molecule has 0 unspecified atom stereocenters. The van der Waals surface area contributed by atoms with Gasteiger partial charge < -0.3 is 17.8 Å². The lowest BCUT2D eigenvalue weighted by atomic mass is 10.6. The zero-order chi connectivity index (χ0) is 13.4. The van der Waals surface area contributed by atoms with E-state index in [2.05, 4.69) is 13.8 Å². The summed E-state index contributed by atoms with van der Waals surface area (Å²) in [6.45, 7) is 6.09. The third-order valence-electron chi connectivity index (χ3n) is 2.84.